The van der Waals surface area contributed by atoms with Gasteiger partial charge in [0, 0.05) is 11.3 Å². The first-order valence-electron chi connectivity index (χ1n) is 4.78. The van der Waals surface area contributed by atoms with Crippen LogP contribution in [0.3, 0.4) is 0 Å². The van der Waals surface area contributed by atoms with Crippen LogP contribution in [-0.2, 0) is 0 Å². The number of amidine groups is 1. The molecule has 3 nitrogen and oxygen atoms in total. The number of allylic oxidation sites excluding steroid dienone is 1. The monoisotopic (exact) mass is 215 g/mol. The number of alkyl halides is 1. The second kappa shape index (κ2) is 7.56. The molecule has 0 aromatic carbocycles. The van der Waals surface area contributed by atoms with Gasteiger partial charge in [0.1, 0.15) is 5.84 Å². The minimum atomic E-state index is 0.244. The smallest absolute Gasteiger partial charge is 0.148 e. The normalized spacial score (nSPS) is 11.9. The van der Waals surface area contributed by atoms with Crippen LogP contribution in [0.2, 0.25) is 0 Å². The van der Waals surface area contributed by atoms with E-state index in [2.05, 4.69) is 24.0 Å². The molecule has 0 amide bonds. The van der Waals surface area contributed by atoms with Crippen molar-refractivity contribution in [3.63, 3.8) is 0 Å². The van der Waals surface area contributed by atoms with Gasteiger partial charge in [-0.15, -0.1) is 11.6 Å². The highest BCUT2D eigenvalue weighted by Gasteiger charge is 2.07. The van der Waals surface area contributed by atoms with Crippen LogP contribution in [0.5, 0.6) is 0 Å². The van der Waals surface area contributed by atoms with Crippen molar-refractivity contribution in [2.45, 2.75) is 33.1 Å². The molecule has 2 N–H and O–H groups in total. The quantitative estimate of drug-likeness (QED) is 0.304. The molecule has 0 atom stereocenters. The minimum Gasteiger partial charge on any atom is -0.375 e. The summed E-state index contributed by atoms with van der Waals surface area (Å²) >= 11 is 5.62. The van der Waals surface area contributed by atoms with Crippen LogP contribution in [-0.4, -0.2) is 18.6 Å². The third-order valence-electron chi connectivity index (χ3n) is 1.94. The fourth-order valence-electron chi connectivity index (χ4n) is 1.30. The molecular weight excluding hydrogens is 198 g/mol. The Balaban J connectivity index is 4.85. The zero-order valence-electron chi connectivity index (χ0n) is 8.86. The lowest BCUT2D eigenvalue weighted by Crippen LogP contribution is -2.16. The standard InChI is InChI=1S/C10H18ClN3/c1-4-6-9(14-7-11)8(5-2)10(12)13-3/h12,14H,3-7H2,1-2H3/b9-8-,12-10?. The Hall–Kier alpha value is -0.830. The summed E-state index contributed by atoms with van der Waals surface area (Å²) in [5, 5.41) is 10.7. The predicted octanol–water partition coefficient (Wildman–Crippen LogP) is 2.91. The number of hydrogen-bond donors (Lipinski definition) is 2. The summed E-state index contributed by atoms with van der Waals surface area (Å²) in [5.74, 6) is 0.244. The molecule has 0 unspecified atom stereocenters. The molecule has 0 spiro atoms. The van der Waals surface area contributed by atoms with Gasteiger partial charge in [0.15, 0.2) is 0 Å². The molecule has 0 fully saturated rings. The molecule has 0 saturated carbocycles. The average molecular weight is 216 g/mol. The lowest BCUT2D eigenvalue weighted by atomic mass is 10.1. The van der Waals surface area contributed by atoms with Gasteiger partial charge in [-0.1, -0.05) is 20.3 Å². The fourth-order valence-corrected chi connectivity index (χ4v) is 1.46. The van der Waals surface area contributed by atoms with E-state index in [-0.39, 0.29) is 5.84 Å². The summed E-state index contributed by atoms with van der Waals surface area (Å²) in [6, 6.07) is 0.364. The summed E-state index contributed by atoms with van der Waals surface area (Å²) < 4.78 is 0. The molecule has 0 bridgehead atoms. The second-order valence-corrected chi connectivity index (χ2v) is 3.15. The third kappa shape index (κ3) is 3.92. The molecule has 0 aromatic rings. The molecule has 0 aromatic heterocycles. The van der Waals surface area contributed by atoms with Crippen molar-refractivity contribution in [2.75, 3.05) is 6.00 Å². The van der Waals surface area contributed by atoms with Crippen molar-refractivity contribution >= 4 is 24.2 Å². The molecule has 4 heteroatoms. The van der Waals surface area contributed by atoms with E-state index in [1.807, 2.05) is 6.92 Å². The summed E-state index contributed by atoms with van der Waals surface area (Å²) in [6.45, 7) is 7.45. The zero-order chi connectivity index (χ0) is 11.0. The highest BCUT2D eigenvalue weighted by molar-refractivity contribution is 6.17. The zero-order valence-corrected chi connectivity index (χ0v) is 9.62. The first kappa shape index (κ1) is 13.2. The van der Waals surface area contributed by atoms with Gasteiger partial charge >= 0.3 is 0 Å². The number of nitrogens with zero attached hydrogens (tertiary/aromatic N) is 1. The van der Waals surface area contributed by atoms with E-state index in [0.717, 1.165) is 30.5 Å². The Morgan fingerprint density at radius 1 is 1.50 bits per heavy atom. The van der Waals surface area contributed by atoms with Crippen LogP contribution in [0.25, 0.3) is 0 Å². The number of hydrogen-bond acceptors (Lipinski definition) is 2. The van der Waals surface area contributed by atoms with Crippen molar-refractivity contribution in [3.05, 3.63) is 11.3 Å². The Morgan fingerprint density at radius 2 is 2.14 bits per heavy atom. The molecule has 0 aliphatic heterocycles. The second-order valence-electron chi connectivity index (χ2n) is 2.88. The predicted molar refractivity (Wildman–Crippen MR) is 63.4 cm³/mol. The first-order valence-corrected chi connectivity index (χ1v) is 5.32. The highest BCUT2D eigenvalue weighted by atomic mass is 35.5. The van der Waals surface area contributed by atoms with Crippen LogP contribution < -0.4 is 5.32 Å². The van der Waals surface area contributed by atoms with Crippen LogP contribution in [0, 0.1) is 5.41 Å². The van der Waals surface area contributed by atoms with E-state index in [1.54, 1.807) is 0 Å². The third-order valence-corrected chi connectivity index (χ3v) is 2.08. The maximum absolute atomic E-state index is 7.61. The van der Waals surface area contributed by atoms with Crippen LogP contribution in [0.1, 0.15) is 33.1 Å². The fraction of sp³-hybridized carbons (Fsp3) is 0.600. The summed E-state index contributed by atoms with van der Waals surface area (Å²) in [5.41, 5.74) is 1.92. The van der Waals surface area contributed by atoms with Gasteiger partial charge in [-0.05, 0) is 19.6 Å². The van der Waals surface area contributed by atoms with Gasteiger partial charge in [0.2, 0.25) is 0 Å². The maximum atomic E-state index is 7.61. The summed E-state index contributed by atoms with van der Waals surface area (Å²) in [6.07, 6.45) is 2.69. The number of aliphatic imine (C=N–C) groups is 1. The topological polar surface area (TPSA) is 48.2 Å². The van der Waals surface area contributed by atoms with Gasteiger partial charge < -0.3 is 5.32 Å². The molecule has 80 valence electrons. The van der Waals surface area contributed by atoms with Gasteiger partial charge in [0.05, 0.1) is 6.00 Å². The van der Waals surface area contributed by atoms with E-state index in [9.17, 15) is 0 Å². The number of halogens is 1. The highest BCUT2D eigenvalue weighted by Crippen LogP contribution is 2.13. The Kier molecular flexibility index (Phi) is 7.11. The van der Waals surface area contributed by atoms with E-state index >= 15 is 0 Å². The molecular formula is C10H18ClN3. The van der Waals surface area contributed by atoms with E-state index in [1.165, 1.54) is 0 Å². The van der Waals surface area contributed by atoms with E-state index in [0.29, 0.717) is 6.00 Å². The molecule has 0 heterocycles. The van der Waals surface area contributed by atoms with Crippen molar-refractivity contribution < 1.29 is 0 Å². The molecule has 0 aliphatic carbocycles. The molecule has 14 heavy (non-hydrogen) atoms. The van der Waals surface area contributed by atoms with Crippen molar-refractivity contribution in [3.8, 4) is 0 Å². The Bertz CT molecular complexity index is 226. The Labute approximate surface area is 90.8 Å². The lowest BCUT2D eigenvalue weighted by molar-refractivity contribution is 0.785. The number of rotatable bonds is 6. The lowest BCUT2D eigenvalue weighted by Gasteiger charge is -2.13. The van der Waals surface area contributed by atoms with Gasteiger partial charge in [0.25, 0.3) is 0 Å². The van der Waals surface area contributed by atoms with Gasteiger partial charge in [-0.25, -0.2) is 4.99 Å². The number of nitrogens with one attached hydrogen (secondary N) is 2. The summed E-state index contributed by atoms with van der Waals surface area (Å²) in [7, 11) is 0. The SMILES string of the molecule is C=NC(=N)/C(CC)=C(/CCC)NCCl. The molecule has 0 saturated heterocycles. The molecule has 0 radical (unpaired) electrons. The van der Waals surface area contributed by atoms with Crippen molar-refractivity contribution in [1.82, 2.24) is 5.32 Å². The largest absolute Gasteiger partial charge is 0.375 e. The van der Waals surface area contributed by atoms with Crippen LogP contribution >= 0.6 is 11.6 Å². The van der Waals surface area contributed by atoms with Gasteiger partial charge in [-0.3, -0.25) is 5.41 Å². The van der Waals surface area contributed by atoms with Crippen LogP contribution in [0.15, 0.2) is 16.3 Å². The van der Waals surface area contributed by atoms with E-state index in [4.69, 9.17) is 17.0 Å². The molecule has 0 aliphatic rings. The van der Waals surface area contributed by atoms with Crippen LogP contribution in [0.4, 0.5) is 0 Å². The summed E-state index contributed by atoms with van der Waals surface area (Å²) in [4.78, 5) is 3.64. The minimum absolute atomic E-state index is 0.244. The van der Waals surface area contributed by atoms with Crippen molar-refractivity contribution in [2.24, 2.45) is 4.99 Å². The first-order chi connectivity index (χ1) is 6.71. The average Bonchev–Trinajstić information content (AvgIpc) is 2.19. The van der Waals surface area contributed by atoms with E-state index < -0.39 is 0 Å². The molecule has 0 rings (SSSR count). The van der Waals surface area contributed by atoms with Gasteiger partial charge in [-0.2, -0.15) is 0 Å². The van der Waals surface area contributed by atoms with Crippen molar-refractivity contribution in [1.29, 1.82) is 5.41 Å². The Morgan fingerprint density at radius 3 is 2.50 bits per heavy atom. The maximum Gasteiger partial charge on any atom is 0.148 e.